The Balaban J connectivity index is 1.42. The molecule has 0 aliphatic heterocycles. The van der Waals surface area contributed by atoms with Crippen LogP contribution in [0, 0.1) is 11.3 Å². The molecule has 0 fully saturated rings. The van der Waals surface area contributed by atoms with Crippen LogP contribution >= 0.6 is 0 Å². The summed E-state index contributed by atoms with van der Waals surface area (Å²) in [5, 5.41) is 14.6. The lowest BCUT2D eigenvalue weighted by atomic mass is 10.0. The number of benzene rings is 4. The summed E-state index contributed by atoms with van der Waals surface area (Å²) in [5.74, 6) is 0.171. The molecule has 7 aromatic rings. The predicted octanol–water partition coefficient (Wildman–Crippen LogP) is 7.94. The summed E-state index contributed by atoms with van der Waals surface area (Å²) in [7, 11) is 0. The van der Waals surface area contributed by atoms with Gasteiger partial charge in [0.2, 0.25) is 5.82 Å². The molecule has 182 valence electrons. The van der Waals surface area contributed by atoms with E-state index in [1.165, 1.54) is 43.6 Å². The van der Waals surface area contributed by atoms with Crippen molar-refractivity contribution in [1.82, 2.24) is 19.1 Å². The molecule has 0 saturated carbocycles. The van der Waals surface area contributed by atoms with E-state index in [4.69, 9.17) is 0 Å². The third kappa shape index (κ3) is 3.24. The second kappa shape index (κ2) is 8.57. The maximum atomic E-state index is 9.80. The molecular formula is C33H25N5. The molecule has 0 radical (unpaired) electrons. The highest BCUT2D eigenvalue weighted by Crippen LogP contribution is 2.35. The lowest BCUT2D eigenvalue weighted by Gasteiger charge is -2.08. The van der Waals surface area contributed by atoms with E-state index in [0.717, 1.165) is 35.6 Å². The van der Waals surface area contributed by atoms with E-state index >= 15 is 0 Å². The minimum Gasteiger partial charge on any atom is -0.341 e. The number of aromatic nitrogens is 4. The Kier molecular flexibility index (Phi) is 5.02. The van der Waals surface area contributed by atoms with Crippen LogP contribution in [-0.2, 0) is 13.1 Å². The average molecular weight is 492 g/mol. The first-order valence-electron chi connectivity index (χ1n) is 13.0. The van der Waals surface area contributed by atoms with Gasteiger partial charge in [-0.05, 0) is 56.3 Å². The van der Waals surface area contributed by atoms with Crippen molar-refractivity contribution in [3.05, 3.63) is 96.8 Å². The highest BCUT2D eigenvalue weighted by atomic mass is 15.0. The molecule has 7 rings (SSSR count). The molecule has 0 N–H and O–H groups in total. The third-order valence-corrected chi connectivity index (χ3v) is 7.59. The predicted molar refractivity (Wildman–Crippen MR) is 155 cm³/mol. The SMILES string of the molecule is CCn1c2ccccc2c2cc(-c3cc(-c4ccc5c(c4)c4ccccc4n5CC)nc(C#N)n3)ccc21. The first kappa shape index (κ1) is 22.3. The van der Waals surface area contributed by atoms with Gasteiger partial charge in [-0.2, -0.15) is 5.26 Å². The second-order valence-corrected chi connectivity index (χ2v) is 9.56. The van der Waals surface area contributed by atoms with E-state index in [1.54, 1.807) is 0 Å². The van der Waals surface area contributed by atoms with Crippen molar-refractivity contribution >= 4 is 43.6 Å². The Hall–Kier alpha value is -4.95. The highest BCUT2D eigenvalue weighted by Gasteiger charge is 2.15. The fourth-order valence-electron chi connectivity index (χ4n) is 5.90. The van der Waals surface area contributed by atoms with Gasteiger partial charge in [0.25, 0.3) is 0 Å². The van der Waals surface area contributed by atoms with Gasteiger partial charge >= 0.3 is 0 Å². The Bertz CT molecular complexity index is 1930. The maximum absolute atomic E-state index is 9.80. The van der Waals surface area contributed by atoms with Crippen LogP contribution in [0.2, 0.25) is 0 Å². The van der Waals surface area contributed by atoms with E-state index < -0.39 is 0 Å². The van der Waals surface area contributed by atoms with E-state index in [9.17, 15) is 5.26 Å². The number of nitriles is 1. The summed E-state index contributed by atoms with van der Waals surface area (Å²) in [6.07, 6.45) is 0. The lowest BCUT2D eigenvalue weighted by Crippen LogP contribution is -1.96. The molecule has 0 amide bonds. The van der Waals surface area contributed by atoms with Gasteiger partial charge < -0.3 is 9.13 Å². The van der Waals surface area contributed by atoms with Gasteiger partial charge in [-0.3, -0.25) is 0 Å². The van der Waals surface area contributed by atoms with Crippen molar-refractivity contribution in [3.63, 3.8) is 0 Å². The summed E-state index contributed by atoms with van der Waals surface area (Å²) in [6.45, 7) is 6.14. The zero-order valence-corrected chi connectivity index (χ0v) is 21.3. The average Bonchev–Trinajstić information content (AvgIpc) is 3.48. The van der Waals surface area contributed by atoms with Crippen LogP contribution < -0.4 is 0 Å². The Labute approximate surface area is 220 Å². The summed E-state index contributed by atoms with van der Waals surface area (Å²) in [4.78, 5) is 9.22. The van der Waals surface area contributed by atoms with Crippen LogP contribution in [0.25, 0.3) is 66.1 Å². The first-order valence-corrected chi connectivity index (χ1v) is 13.0. The fraction of sp³-hybridized carbons (Fsp3) is 0.121. The number of para-hydroxylation sites is 2. The quantitative estimate of drug-likeness (QED) is 0.251. The zero-order valence-electron chi connectivity index (χ0n) is 21.3. The Morgan fingerprint density at radius 2 is 1.03 bits per heavy atom. The van der Waals surface area contributed by atoms with Gasteiger partial charge in [-0.15, -0.1) is 0 Å². The fourth-order valence-corrected chi connectivity index (χ4v) is 5.90. The summed E-state index contributed by atoms with van der Waals surface area (Å²) < 4.78 is 4.67. The Morgan fingerprint density at radius 3 is 1.47 bits per heavy atom. The molecule has 0 spiro atoms. The van der Waals surface area contributed by atoms with E-state index in [0.29, 0.717) is 0 Å². The van der Waals surface area contributed by atoms with E-state index in [-0.39, 0.29) is 5.82 Å². The molecule has 0 aliphatic carbocycles. The number of hydrogen-bond acceptors (Lipinski definition) is 3. The molecule has 5 nitrogen and oxygen atoms in total. The molecule has 38 heavy (non-hydrogen) atoms. The molecule has 5 heteroatoms. The summed E-state index contributed by atoms with van der Waals surface area (Å²) in [6, 6.07) is 34.1. The molecule has 3 heterocycles. The van der Waals surface area contributed by atoms with Crippen LogP contribution in [0.5, 0.6) is 0 Å². The van der Waals surface area contributed by atoms with Crippen molar-refractivity contribution in [3.8, 4) is 28.6 Å². The number of aryl methyl sites for hydroxylation is 2. The van der Waals surface area contributed by atoms with Crippen LogP contribution in [0.4, 0.5) is 0 Å². The van der Waals surface area contributed by atoms with Gasteiger partial charge in [0.15, 0.2) is 0 Å². The zero-order chi connectivity index (χ0) is 25.8. The molecule has 0 bridgehead atoms. The monoisotopic (exact) mass is 491 g/mol. The van der Waals surface area contributed by atoms with Crippen LogP contribution in [-0.4, -0.2) is 19.1 Å². The van der Waals surface area contributed by atoms with Crippen molar-refractivity contribution < 1.29 is 0 Å². The minimum atomic E-state index is 0.171. The normalized spacial score (nSPS) is 11.6. The van der Waals surface area contributed by atoms with E-state index in [2.05, 4.69) is 124 Å². The molecule has 3 aromatic heterocycles. The van der Waals surface area contributed by atoms with Crippen LogP contribution in [0.1, 0.15) is 19.7 Å². The molecule has 0 aliphatic rings. The van der Waals surface area contributed by atoms with Gasteiger partial charge in [0, 0.05) is 67.8 Å². The molecular weight excluding hydrogens is 466 g/mol. The smallest absolute Gasteiger partial charge is 0.233 e. The van der Waals surface area contributed by atoms with Crippen molar-refractivity contribution in [2.45, 2.75) is 26.9 Å². The summed E-state index contributed by atoms with van der Waals surface area (Å²) >= 11 is 0. The molecule has 0 atom stereocenters. The van der Waals surface area contributed by atoms with Gasteiger partial charge in [-0.1, -0.05) is 48.5 Å². The lowest BCUT2D eigenvalue weighted by molar-refractivity contribution is 0.827. The minimum absolute atomic E-state index is 0.171. The highest BCUT2D eigenvalue weighted by molar-refractivity contribution is 6.10. The number of hydrogen-bond donors (Lipinski definition) is 0. The molecule has 0 saturated heterocycles. The summed E-state index contributed by atoms with van der Waals surface area (Å²) in [5.41, 5.74) is 8.29. The largest absolute Gasteiger partial charge is 0.341 e. The van der Waals surface area contributed by atoms with Gasteiger partial charge in [0.1, 0.15) is 6.07 Å². The topological polar surface area (TPSA) is 59.4 Å². The van der Waals surface area contributed by atoms with Crippen molar-refractivity contribution in [2.75, 3.05) is 0 Å². The second-order valence-electron chi connectivity index (χ2n) is 9.56. The number of nitrogens with zero attached hydrogens (tertiary/aromatic N) is 5. The third-order valence-electron chi connectivity index (χ3n) is 7.59. The van der Waals surface area contributed by atoms with Crippen LogP contribution in [0.3, 0.4) is 0 Å². The van der Waals surface area contributed by atoms with E-state index in [1.807, 2.05) is 6.07 Å². The van der Waals surface area contributed by atoms with Crippen molar-refractivity contribution in [2.24, 2.45) is 0 Å². The first-order chi connectivity index (χ1) is 18.7. The standard InChI is InChI=1S/C33H25N5/c1-3-37-29-11-7-5-9-23(29)25-17-21(13-15-31(25)37)27-19-28(36-33(20-34)35-27)22-14-16-32-26(18-22)24-10-6-8-12-30(24)38(32)4-2/h5-19H,3-4H2,1-2H3. The number of rotatable bonds is 4. The van der Waals surface area contributed by atoms with Gasteiger partial charge in [0.05, 0.1) is 11.4 Å². The maximum Gasteiger partial charge on any atom is 0.233 e. The molecule has 4 aromatic carbocycles. The van der Waals surface area contributed by atoms with Crippen LogP contribution in [0.15, 0.2) is 91.0 Å². The molecule has 0 unspecified atom stereocenters. The van der Waals surface area contributed by atoms with Gasteiger partial charge in [-0.25, -0.2) is 9.97 Å². The van der Waals surface area contributed by atoms with Crippen molar-refractivity contribution in [1.29, 1.82) is 5.26 Å². The Morgan fingerprint density at radius 1 is 0.579 bits per heavy atom. The number of fused-ring (bicyclic) bond motifs is 6.